The summed E-state index contributed by atoms with van der Waals surface area (Å²) in [5, 5.41) is 2.34. The molecule has 0 aliphatic carbocycles. The lowest BCUT2D eigenvalue weighted by Crippen LogP contribution is -2.39. The number of carbonyl (C=O) groups is 1. The van der Waals surface area contributed by atoms with Crippen LogP contribution in [0, 0.1) is 10.5 Å². The number of ether oxygens (including phenoxy) is 3. The number of allylic oxidation sites excluding steroid dienone is 1. The van der Waals surface area contributed by atoms with Gasteiger partial charge in [0.15, 0.2) is 16.3 Å². The average molecular weight is 731 g/mol. The van der Waals surface area contributed by atoms with Gasteiger partial charge in [0, 0.05) is 0 Å². The van der Waals surface area contributed by atoms with Crippen molar-refractivity contribution in [3.8, 4) is 11.5 Å². The minimum absolute atomic E-state index is 0.225. The molecular formula is C36H31IN2O5S. The number of benzene rings is 4. The molecule has 0 amide bonds. The van der Waals surface area contributed by atoms with Crippen LogP contribution in [0.15, 0.2) is 99.9 Å². The van der Waals surface area contributed by atoms with Gasteiger partial charge in [-0.15, -0.1) is 0 Å². The Bertz CT molecular complexity index is 2150. The quantitative estimate of drug-likeness (QED) is 0.136. The van der Waals surface area contributed by atoms with Crippen molar-refractivity contribution in [2.24, 2.45) is 4.99 Å². The van der Waals surface area contributed by atoms with E-state index >= 15 is 0 Å². The molecule has 9 heteroatoms. The summed E-state index contributed by atoms with van der Waals surface area (Å²) in [6.07, 6.45) is 1.83. The van der Waals surface area contributed by atoms with Gasteiger partial charge in [0.1, 0.15) is 6.61 Å². The van der Waals surface area contributed by atoms with Crippen LogP contribution >= 0.6 is 33.9 Å². The summed E-state index contributed by atoms with van der Waals surface area (Å²) in [4.78, 5) is 32.3. The predicted octanol–water partition coefficient (Wildman–Crippen LogP) is 6.45. The highest BCUT2D eigenvalue weighted by Gasteiger charge is 2.33. The molecule has 6 rings (SSSR count). The van der Waals surface area contributed by atoms with E-state index in [9.17, 15) is 9.59 Å². The number of aryl methyl sites for hydroxylation is 1. The van der Waals surface area contributed by atoms with Gasteiger partial charge in [0.25, 0.3) is 5.56 Å². The fraction of sp³-hybridized carbons (Fsp3) is 0.194. The number of hydrogen-bond acceptors (Lipinski definition) is 7. The van der Waals surface area contributed by atoms with Gasteiger partial charge in [0.05, 0.1) is 39.1 Å². The number of nitrogens with zero attached hydrogens (tertiary/aromatic N) is 2. The summed E-state index contributed by atoms with van der Waals surface area (Å²) < 4.78 is 20.3. The van der Waals surface area contributed by atoms with Crippen molar-refractivity contribution in [1.82, 2.24) is 4.57 Å². The Morgan fingerprint density at radius 2 is 1.78 bits per heavy atom. The van der Waals surface area contributed by atoms with Gasteiger partial charge in [-0.1, -0.05) is 77.6 Å². The maximum Gasteiger partial charge on any atom is 0.338 e. The first kappa shape index (κ1) is 30.8. The standard InChI is InChI=1S/C36H31IN2O5S/c1-5-43-35(41)31-22(3)38-36-39(32(31)26-13-10-21(2)11-14-26)34(40)30(45-36)19-24-17-28(37)33(29(18-24)42-4)44-20-23-12-15-25-8-6-7-9-27(25)16-23/h6-19,32H,5,20H2,1-4H3/b30-19+/t32-/m1/s1. The number of thiazole rings is 1. The smallest absolute Gasteiger partial charge is 0.338 e. The van der Waals surface area contributed by atoms with Crippen molar-refractivity contribution in [3.63, 3.8) is 0 Å². The van der Waals surface area contributed by atoms with Crippen molar-refractivity contribution >= 4 is 56.7 Å². The molecule has 0 bridgehead atoms. The van der Waals surface area contributed by atoms with Crippen LogP contribution in [0.4, 0.5) is 0 Å². The van der Waals surface area contributed by atoms with E-state index in [0.29, 0.717) is 38.7 Å². The van der Waals surface area contributed by atoms with E-state index in [2.05, 4.69) is 57.9 Å². The Kier molecular flexibility index (Phi) is 8.91. The monoisotopic (exact) mass is 730 g/mol. The molecule has 0 spiro atoms. The molecule has 0 saturated heterocycles. The lowest BCUT2D eigenvalue weighted by Gasteiger charge is -2.24. The van der Waals surface area contributed by atoms with Crippen LogP contribution in [-0.4, -0.2) is 24.3 Å². The zero-order valence-electron chi connectivity index (χ0n) is 25.3. The van der Waals surface area contributed by atoms with Gasteiger partial charge < -0.3 is 14.2 Å². The van der Waals surface area contributed by atoms with Crippen molar-refractivity contribution in [2.75, 3.05) is 13.7 Å². The van der Waals surface area contributed by atoms with Crippen LogP contribution in [0.2, 0.25) is 0 Å². The lowest BCUT2D eigenvalue weighted by molar-refractivity contribution is -0.139. The van der Waals surface area contributed by atoms with E-state index in [1.165, 1.54) is 16.7 Å². The zero-order chi connectivity index (χ0) is 31.7. The largest absolute Gasteiger partial charge is 0.493 e. The third kappa shape index (κ3) is 6.19. The highest BCUT2D eigenvalue weighted by Crippen LogP contribution is 2.35. The number of esters is 1. The van der Waals surface area contributed by atoms with E-state index in [0.717, 1.165) is 31.2 Å². The molecule has 1 aliphatic heterocycles. The Morgan fingerprint density at radius 3 is 2.51 bits per heavy atom. The SMILES string of the molecule is CCOC(=O)C1=C(C)N=c2s/c(=C/c3cc(I)c(OCc4ccc5ccccc5c4)c(OC)c3)c(=O)n2[C@@H]1c1ccc(C)cc1. The van der Waals surface area contributed by atoms with Crippen LogP contribution < -0.4 is 24.4 Å². The van der Waals surface area contributed by atoms with E-state index in [-0.39, 0.29) is 12.2 Å². The topological polar surface area (TPSA) is 79.1 Å². The fourth-order valence-corrected chi connectivity index (χ4v) is 7.28. The number of hydrogen-bond donors (Lipinski definition) is 0. The molecule has 4 aromatic carbocycles. The Balaban J connectivity index is 1.37. The minimum Gasteiger partial charge on any atom is -0.493 e. The molecule has 228 valence electrons. The van der Waals surface area contributed by atoms with Crippen LogP contribution in [0.5, 0.6) is 11.5 Å². The number of fused-ring (bicyclic) bond motifs is 2. The second kappa shape index (κ2) is 13.0. The van der Waals surface area contributed by atoms with Gasteiger partial charge in [-0.05, 0) is 95.1 Å². The van der Waals surface area contributed by atoms with Gasteiger partial charge in [-0.3, -0.25) is 9.36 Å². The van der Waals surface area contributed by atoms with Crippen LogP contribution in [0.25, 0.3) is 16.8 Å². The first-order chi connectivity index (χ1) is 21.8. The van der Waals surface area contributed by atoms with Crippen molar-refractivity contribution < 1.29 is 19.0 Å². The van der Waals surface area contributed by atoms with Crippen LogP contribution in [0.3, 0.4) is 0 Å². The first-order valence-corrected chi connectivity index (χ1v) is 16.4. The summed E-state index contributed by atoms with van der Waals surface area (Å²) >= 11 is 3.52. The van der Waals surface area contributed by atoms with Gasteiger partial charge in [0.2, 0.25) is 0 Å². The molecule has 5 aromatic rings. The third-order valence-electron chi connectivity index (χ3n) is 7.66. The molecule has 0 fully saturated rings. The Hall–Kier alpha value is -4.22. The summed E-state index contributed by atoms with van der Waals surface area (Å²) in [6, 6.07) is 25.5. The molecule has 45 heavy (non-hydrogen) atoms. The van der Waals surface area contributed by atoms with E-state index < -0.39 is 12.0 Å². The first-order valence-electron chi connectivity index (χ1n) is 14.5. The molecular weight excluding hydrogens is 699 g/mol. The van der Waals surface area contributed by atoms with E-state index in [1.54, 1.807) is 25.5 Å². The number of rotatable bonds is 8. The number of halogens is 1. The van der Waals surface area contributed by atoms with Crippen LogP contribution in [-0.2, 0) is 16.1 Å². The van der Waals surface area contributed by atoms with Crippen molar-refractivity contribution in [1.29, 1.82) is 0 Å². The van der Waals surface area contributed by atoms with Crippen molar-refractivity contribution in [2.45, 2.75) is 33.4 Å². The number of aromatic nitrogens is 1. The van der Waals surface area contributed by atoms with E-state index in [4.69, 9.17) is 14.2 Å². The summed E-state index contributed by atoms with van der Waals surface area (Å²) in [5.74, 6) is 0.732. The molecule has 7 nitrogen and oxygen atoms in total. The molecule has 0 radical (unpaired) electrons. The summed E-state index contributed by atoms with van der Waals surface area (Å²) in [6.45, 7) is 6.16. The highest BCUT2D eigenvalue weighted by atomic mass is 127. The van der Waals surface area contributed by atoms with Crippen molar-refractivity contribution in [3.05, 3.63) is 136 Å². The molecule has 1 aliphatic rings. The fourth-order valence-electron chi connectivity index (χ4n) is 5.45. The van der Waals surface area contributed by atoms with Gasteiger partial charge in [-0.2, -0.15) is 0 Å². The third-order valence-corrected chi connectivity index (χ3v) is 9.44. The normalized spacial score (nSPS) is 14.7. The maximum atomic E-state index is 14.0. The number of carbonyl (C=O) groups excluding carboxylic acids is 1. The Labute approximate surface area is 278 Å². The second-order valence-electron chi connectivity index (χ2n) is 10.7. The minimum atomic E-state index is -0.649. The molecule has 1 aromatic heterocycles. The van der Waals surface area contributed by atoms with E-state index in [1.807, 2.05) is 61.5 Å². The zero-order valence-corrected chi connectivity index (χ0v) is 28.3. The van der Waals surface area contributed by atoms with Gasteiger partial charge >= 0.3 is 5.97 Å². The molecule has 0 N–H and O–H groups in total. The molecule has 2 heterocycles. The van der Waals surface area contributed by atoms with Gasteiger partial charge in [-0.25, -0.2) is 9.79 Å². The molecule has 0 saturated carbocycles. The molecule has 0 unspecified atom stereocenters. The Morgan fingerprint density at radius 1 is 1.02 bits per heavy atom. The molecule has 1 atom stereocenters. The average Bonchev–Trinajstić information content (AvgIpc) is 3.33. The number of methoxy groups -OCH3 is 1. The second-order valence-corrected chi connectivity index (χ2v) is 12.9. The summed E-state index contributed by atoms with van der Waals surface area (Å²) in [7, 11) is 1.60. The predicted molar refractivity (Wildman–Crippen MR) is 186 cm³/mol. The maximum absolute atomic E-state index is 14.0. The van der Waals surface area contributed by atoms with Crippen LogP contribution in [0.1, 0.15) is 42.1 Å². The highest BCUT2D eigenvalue weighted by molar-refractivity contribution is 14.1. The lowest BCUT2D eigenvalue weighted by atomic mass is 9.95. The summed E-state index contributed by atoms with van der Waals surface area (Å²) in [5.41, 5.74) is 4.40.